The van der Waals surface area contributed by atoms with Crippen molar-refractivity contribution in [1.29, 1.82) is 0 Å². The highest BCUT2D eigenvalue weighted by molar-refractivity contribution is 6.42. The van der Waals surface area contributed by atoms with Crippen molar-refractivity contribution in [3.63, 3.8) is 0 Å². The van der Waals surface area contributed by atoms with Gasteiger partial charge in [0.2, 0.25) is 0 Å². The molecule has 3 rings (SSSR count). The fraction of sp³-hybridized carbons (Fsp3) is 0.500. The molecular weight excluding hydrogens is 433 g/mol. The van der Waals surface area contributed by atoms with Gasteiger partial charge in [-0.2, -0.15) is 0 Å². The van der Waals surface area contributed by atoms with Crippen molar-refractivity contribution in [1.82, 2.24) is 10.2 Å². The van der Waals surface area contributed by atoms with Gasteiger partial charge in [-0.05, 0) is 99.7 Å². The summed E-state index contributed by atoms with van der Waals surface area (Å²) in [7, 11) is 5.61. The number of hydrogen-bond acceptors (Lipinski definition) is 5. The predicted molar refractivity (Wildman–Crippen MR) is 130 cm³/mol. The Bertz CT molecular complexity index is 892. The maximum atomic E-state index is 6.09. The highest BCUT2D eigenvalue weighted by atomic mass is 35.5. The van der Waals surface area contributed by atoms with E-state index in [1.807, 2.05) is 6.07 Å². The van der Waals surface area contributed by atoms with Gasteiger partial charge in [0.1, 0.15) is 0 Å². The Balaban J connectivity index is 1.41. The zero-order valence-corrected chi connectivity index (χ0v) is 20.2. The van der Waals surface area contributed by atoms with E-state index in [1.54, 1.807) is 20.3 Å². The van der Waals surface area contributed by atoms with Gasteiger partial charge < -0.3 is 25.4 Å². The molecule has 0 fully saturated rings. The lowest BCUT2D eigenvalue weighted by Crippen LogP contribution is -2.38. The number of nitrogens with one attached hydrogen (secondary N) is 1. The van der Waals surface area contributed by atoms with Crippen LogP contribution in [0.25, 0.3) is 0 Å². The lowest BCUT2D eigenvalue weighted by atomic mass is 9.87. The number of likely N-dealkylation sites (N-methyl/N-ethyl adjacent to an activating group) is 1. The number of rotatable bonds is 10. The molecule has 0 saturated heterocycles. The van der Waals surface area contributed by atoms with Crippen molar-refractivity contribution in [3.8, 4) is 11.5 Å². The molecule has 1 aliphatic carbocycles. The number of ether oxygens (including phenoxy) is 2. The van der Waals surface area contributed by atoms with Crippen LogP contribution in [0.4, 0.5) is 5.69 Å². The Hall–Kier alpha value is -1.66. The molecule has 0 bridgehead atoms. The van der Waals surface area contributed by atoms with Gasteiger partial charge in [-0.25, -0.2) is 0 Å². The molecule has 1 unspecified atom stereocenters. The maximum absolute atomic E-state index is 6.09. The second kappa shape index (κ2) is 11.3. The van der Waals surface area contributed by atoms with Crippen molar-refractivity contribution in [3.05, 3.63) is 51.0 Å². The molecule has 0 saturated carbocycles. The lowest BCUT2D eigenvalue weighted by Gasteiger charge is -2.33. The van der Waals surface area contributed by atoms with Crippen LogP contribution < -0.4 is 20.5 Å². The third kappa shape index (κ3) is 6.19. The highest BCUT2D eigenvalue weighted by Gasteiger charge is 2.23. The first-order valence-electron chi connectivity index (χ1n) is 10.8. The molecule has 31 heavy (non-hydrogen) atoms. The Morgan fingerprint density at radius 3 is 2.42 bits per heavy atom. The molecule has 3 N–H and O–H groups in total. The number of benzene rings is 2. The number of halogens is 2. The minimum Gasteiger partial charge on any atom is -0.493 e. The number of methoxy groups -OCH3 is 2. The first-order chi connectivity index (χ1) is 14.9. The Kier molecular flexibility index (Phi) is 8.73. The number of nitrogen functional groups attached to an aromatic ring is 1. The number of hydrogen-bond donors (Lipinski definition) is 2. The summed E-state index contributed by atoms with van der Waals surface area (Å²) in [6.45, 7) is 2.90. The van der Waals surface area contributed by atoms with E-state index in [0.717, 1.165) is 62.4 Å². The van der Waals surface area contributed by atoms with Crippen LogP contribution in [-0.2, 0) is 19.3 Å². The second-order valence-electron chi connectivity index (χ2n) is 8.17. The summed E-state index contributed by atoms with van der Waals surface area (Å²) >= 11 is 12.1. The predicted octanol–water partition coefficient (Wildman–Crippen LogP) is 4.60. The normalized spacial score (nSPS) is 15.7. The van der Waals surface area contributed by atoms with Crippen molar-refractivity contribution in [2.45, 2.75) is 38.1 Å². The van der Waals surface area contributed by atoms with E-state index in [4.69, 9.17) is 38.4 Å². The van der Waals surface area contributed by atoms with Crippen LogP contribution in [0.2, 0.25) is 10.0 Å². The van der Waals surface area contributed by atoms with Gasteiger partial charge in [0.25, 0.3) is 0 Å². The van der Waals surface area contributed by atoms with Crippen LogP contribution in [0.5, 0.6) is 11.5 Å². The van der Waals surface area contributed by atoms with Crippen LogP contribution in [0.1, 0.15) is 29.5 Å². The minimum atomic E-state index is 0.502. The van der Waals surface area contributed by atoms with Crippen molar-refractivity contribution < 1.29 is 9.47 Å². The summed E-state index contributed by atoms with van der Waals surface area (Å²) in [5, 5.41) is 4.56. The standard InChI is InChI=1S/C24H33Cl2N3O2/c1-29(10-4-8-28-9-7-17-12-20(25)21(26)15-22(17)27)19-6-5-16-13-23(30-2)24(31-3)14-18(16)11-19/h12-15,19,28H,4-11,27H2,1-3H3. The molecule has 0 aliphatic heterocycles. The van der Waals surface area contributed by atoms with Crippen LogP contribution >= 0.6 is 23.2 Å². The van der Waals surface area contributed by atoms with Gasteiger partial charge in [-0.1, -0.05) is 23.2 Å². The summed E-state index contributed by atoms with van der Waals surface area (Å²) < 4.78 is 10.9. The van der Waals surface area contributed by atoms with E-state index in [-0.39, 0.29) is 0 Å². The molecule has 0 radical (unpaired) electrons. The summed E-state index contributed by atoms with van der Waals surface area (Å²) in [5.74, 6) is 1.64. The Labute approximate surface area is 195 Å². The van der Waals surface area contributed by atoms with Crippen LogP contribution in [0.15, 0.2) is 24.3 Å². The third-order valence-corrected chi connectivity index (χ3v) is 6.87. The second-order valence-corrected chi connectivity index (χ2v) is 8.99. The molecule has 170 valence electrons. The first-order valence-corrected chi connectivity index (χ1v) is 11.6. The molecule has 1 aliphatic rings. The van der Waals surface area contributed by atoms with Crippen molar-refractivity contribution in [2.75, 3.05) is 46.6 Å². The van der Waals surface area contributed by atoms with E-state index in [0.29, 0.717) is 21.8 Å². The van der Waals surface area contributed by atoms with Gasteiger partial charge in [0.05, 0.1) is 24.3 Å². The Morgan fingerprint density at radius 2 is 1.71 bits per heavy atom. The molecular formula is C24H33Cl2N3O2. The monoisotopic (exact) mass is 465 g/mol. The highest BCUT2D eigenvalue weighted by Crippen LogP contribution is 2.35. The molecule has 0 heterocycles. The van der Waals surface area contributed by atoms with Gasteiger partial charge >= 0.3 is 0 Å². The molecule has 0 spiro atoms. The van der Waals surface area contributed by atoms with E-state index in [2.05, 4.69) is 29.4 Å². The van der Waals surface area contributed by atoms with E-state index >= 15 is 0 Å². The number of nitrogens with zero attached hydrogens (tertiary/aromatic N) is 1. The van der Waals surface area contributed by atoms with Gasteiger partial charge in [0, 0.05) is 11.7 Å². The average Bonchev–Trinajstić information content (AvgIpc) is 2.77. The van der Waals surface area contributed by atoms with Crippen LogP contribution in [0.3, 0.4) is 0 Å². The molecule has 1 atom stereocenters. The lowest BCUT2D eigenvalue weighted by molar-refractivity contribution is 0.218. The quantitative estimate of drug-likeness (QED) is 0.396. The van der Waals surface area contributed by atoms with E-state index < -0.39 is 0 Å². The molecule has 2 aromatic rings. The molecule has 7 heteroatoms. The average molecular weight is 466 g/mol. The van der Waals surface area contributed by atoms with Gasteiger partial charge in [-0.3, -0.25) is 0 Å². The van der Waals surface area contributed by atoms with Gasteiger partial charge in [-0.15, -0.1) is 0 Å². The minimum absolute atomic E-state index is 0.502. The number of anilines is 1. The topological polar surface area (TPSA) is 59.8 Å². The van der Waals surface area contributed by atoms with Crippen molar-refractivity contribution in [2.24, 2.45) is 0 Å². The zero-order chi connectivity index (χ0) is 22.4. The van der Waals surface area contributed by atoms with Crippen LogP contribution in [0, 0.1) is 0 Å². The molecule has 2 aromatic carbocycles. The molecule has 0 amide bonds. The smallest absolute Gasteiger partial charge is 0.161 e. The van der Waals surface area contributed by atoms with Crippen molar-refractivity contribution >= 4 is 28.9 Å². The fourth-order valence-electron chi connectivity index (χ4n) is 4.24. The van der Waals surface area contributed by atoms with Crippen LogP contribution in [-0.4, -0.2) is 51.8 Å². The number of fused-ring (bicyclic) bond motifs is 1. The molecule has 0 aromatic heterocycles. The third-order valence-electron chi connectivity index (χ3n) is 6.15. The van der Waals surface area contributed by atoms with E-state index in [9.17, 15) is 0 Å². The zero-order valence-electron chi connectivity index (χ0n) is 18.6. The molecule has 5 nitrogen and oxygen atoms in total. The largest absolute Gasteiger partial charge is 0.493 e. The maximum Gasteiger partial charge on any atom is 0.161 e. The Morgan fingerprint density at radius 1 is 1.03 bits per heavy atom. The summed E-state index contributed by atoms with van der Waals surface area (Å²) in [6.07, 6.45) is 5.24. The van der Waals surface area contributed by atoms with Gasteiger partial charge in [0.15, 0.2) is 11.5 Å². The SMILES string of the molecule is COc1cc2c(cc1OC)CC(N(C)CCCNCCc1cc(Cl)c(Cl)cc1N)CC2. The fourth-order valence-corrected chi connectivity index (χ4v) is 4.60. The first kappa shape index (κ1) is 24.0. The number of aryl methyl sites for hydroxylation is 1. The number of nitrogens with two attached hydrogens (primary N) is 1. The van der Waals surface area contributed by atoms with E-state index in [1.165, 1.54) is 17.5 Å². The summed E-state index contributed by atoms with van der Waals surface area (Å²) in [5.41, 5.74) is 10.5. The summed E-state index contributed by atoms with van der Waals surface area (Å²) in [6, 6.07) is 8.42. The summed E-state index contributed by atoms with van der Waals surface area (Å²) in [4.78, 5) is 2.48.